The molecule has 2 fully saturated rings. The molecule has 0 aromatic heterocycles. The van der Waals surface area contributed by atoms with Crippen LogP contribution in [0.1, 0.15) is 44.9 Å². The lowest BCUT2D eigenvalue weighted by Crippen LogP contribution is -2.45. The van der Waals surface area contributed by atoms with Gasteiger partial charge in [-0.3, -0.25) is 4.79 Å². The number of hydrogen-bond donors (Lipinski definition) is 1. The Morgan fingerprint density at radius 3 is 2.33 bits per heavy atom. The van der Waals surface area contributed by atoms with Crippen LogP contribution in [0.4, 0.5) is 0 Å². The van der Waals surface area contributed by atoms with Crippen molar-refractivity contribution in [2.24, 2.45) is 11.7 Å². The van der Waals surface area contributed by atoms with Gasteiger partial charge in [-0.15, -0.1) is 0 Å². The van der Waals surface area contributed by atoms with Crippen LogP contribution < -0.4 is 5.73 Å². The summed E-state index contributed by atoms with van der Waals surface area (Å²) in [6, 6.07) is 0.496. The van der Waals surface area contributed by atoms with E-state index in [-0.39, 0.29) is 12.5 Å². The molecular formula is C12H22N2O. The third kappa shape index (κ3) is 2.94. The molecule has 0 aromatic rings. The van der Waals surface area contributed by atoms with E-state index in [1.807, 2.05) is 0 Å². The van der Waals surface area contributed by atoms with Gasteiger partial charge in [0.05, 0.1) is 6.54 Å². The number of rotatable bonds is 4. The Hall–Kier alpha value is -0.570. The van der Waals surface area contributed by atoms with Gasteiger partial charge in [0, 0.05) is 12.6 Å². The van der Waals surface area contributed by atoms with Gasteiger partial charge in [-0.25, -0.2) is 0 Å². The molecule has 0 unspecified atom stereocenters. The van der Waals surface area contributed by atoms with Crippen LogP contribution in [0.2, 0.25) is 0 Å². The Bertz CT molecular complexity index is 220. The highest BCUT2D eigenvalue weighted by Crippen LogP contribution is 2.32. The molecule has 2 rings (SSSR count). The van der Waals surface area contributed by atoms with Gasteiger partial charge in [-0.1, -0.05) is 19.3 Å². The summed E-state index contributed by atoms with van der Waals surface area (Å²) in [6.07, 6.45) is 8.90. The molecule has 0 radical (unpaired) electrons. The Morgan fingerprint density at radius 2 is 1.80 bits per heavy atom. The molecule has 0 aliphatic heterocycles. The topological polar surface area (TPSA) is 46.3 Å². The summed E-state index contributed by atoms with van der Waals surface area (Å²) in [5, 5.41) is 0. The van der Waals surface area contributed by atoms with Crippen molar-refractivity contribution in [1.82, 2.24) is 4.90 Å². The molecule has 3 heteroatoms. The normalized spacial score (nSPS) is 22.7. The molecule has 0 saturated heterocycles. The minimum atomic E-state index is 0.161. The van der Waals surface area contributed by atoms with Gasteiger partial charge in [0.15, 0.2) is 0 Å². The third-order valence-corrected chi connectivity index (χ3v) is 3.66. The molecule has 2 saturated carbocycles. The van der Waals surface area contributed by atoms with Gasteiger partial charge >= 0.3 is 0 Å². The second-order valence-corrected chi connectivity index (χ2v) is 4.99. The molecule has 3 nitrogen and oxygen atoms in total. The number of carbonyl (C=O) groups is 1. The van der Waals surface area contributed by atoms with Gasteiger partial charge in [0.2, 0.25) is 5.91 Å². The second-order valence-electron chi connectivity index (χ2n) is 4.99. The lowest BCUT2D eigenvalue weighted by molar-refractivity contribution is -0.132. The first kappa shape index (κ1) is 10.9. The van der Waals surface area contributed by atoms with Gasteiger partial charge in [0.1, 0.15) is 0 Å². The van der Waals surface area contributed by atoms with Crippen molar-refractivity contribution >= 4 is 5.91 Å². The van der Waals surface area contributed by atoms with Crippen molar-refractivity contribution in [2.45, 2.75) is 51.0 Å². The summed E-state index contributed by atoms with van der Waals surface area (Å²) in [5.41, 5.74) is 5.48. The molecule has 0 aromatic carbocycles. The van der Waals surface area contributed by atoms with Crippen molar-refractivity contribution in [1.29, 1.82) is 0 Å². The zero-order valence-electron chi connectivity index (χ0n) is 9.45. The van der Waals surface area contributed by atoms with Gasteiger partial charge < -0.3 is 10.6 Å². The average molecular weight is 210 g/mol. The fourth-order valence-corrected chi connectivity index (χ4v) is 2.54. The molecule has 1 amide bonds. The second kappa shape index (κ2) is 4.97. The first-order chi connectivity index (χ1) is 7.31. The summed E-state index contributed by atoms with van der Waals surface area (Å²) in [5.74, 6) is 0.941. The first-order valence-electron chi connectivity index (χ1n) is 6.31. The lowest BCUT2D eigenvalue weighted by Gasteiger charge is -2.34. The van der Waals surface area contributed by atoms with Crippen LogP contribution in [0.15, 0.2) is 0 Å². The molecule has 0 atom stereocenters. The van der Waals surface area contributed by atoms with Gasteiger partial charge in [-0.2, -0.15) is 0 Å². The minimum Gasteiger partial charge on any atom is -0.338 e. The molecule has 0 heterocycles. The molecule has 0 spiro atoms. The molecule has 15 heavy (non-hydrogen) atoms. The highest BCUT2D eigenvalue weighted by Gasteiger charge is 2.30. The van der Waals surface area contributed by atoms with Crippen molar-refractivity contribution in [3.63, 3.8) is 0 Å². The number of carbonyl (C=O) groups excluding carboxylic acids is 1. The molecular weight excluding hydrogens is 188 g/mol. The summed E-state index contributed by atoms with van der Waals surface area (Å²) < 4.78 is 0. The molecule has 2 aliphatic rings. The predicted molar refractivity (Wildman–Crippen MR) is 60.4 cm³/mol. The Kier molecular flexibility index (Phi) is 3.62. The van der Waals surface area contributed by atoms with E-state index >= 15 is 0 Å². The van der Waals surface area contributed by atoms with Gasteiger partial charge in [0.25, 0.3) is 0 Å². The van der Waals surface area contributed by atoms with E-state index in [4.69, 9.17) is 5.73 Å². The highest BCUT2D eigenvalue weighted by molar-refractivity contribution is 5.78. The van der Waals surface area contributed by atoms with Crippen LogP contribution in [-0.4, -0.2) is 29.9 Å². The number of amides is 1. The monoisotopic (exact) mass is 210 g/mol. The number of nitrogens with zero attached hydrogens (tertiary/aromatic N) is 1. The molecule has 0 bridgehead atoms. The van der Waals surface area contributed by atoms with Crippen molar-refractivity contribution in [3.05, 3.63) is 0 Å². The summed E-state index contributed by atoms with van der Waals surface area (Å²) in [4.78, 5) is 13.9. The Balaban J connectivity index is 1.92. The standard InChI is InChI=1S/C12H22N2O/c13-8-12(15)14(9-10-6-7-10)11-4-2-1-3-5-11/h10-11H,1-9,13H2. The Morgan fingerprint density at radius 1 is 1.13 bits per heavy atom. The van der Waals surface area contributed by atoms with E-state index in [1.165, 1.54) is 44.9 Å². The number of nitrogens with two attached hydrogens (primary N) is 1. The third-order valence-electron chi connectivity index (χ3n) is 3.66. The summed E-state index contributed by atoms with van der Waals surface area (Å²) in [7, 11) is 0. The maximum absolute atomic E-state index is 11.8. The molecule has 86 valence electrons. The van der Waals surface area contributed by atoms with Crippen LogP contribution in [0.3, 0.4) is 0 Å². The van der Waals surface area contributed by atoms with E-state index in [9.17, 15) is 4.79 Å². The van der Waals surface area contributed by atoms with E-state index < -0.39 is 0 Å². The smallest absolute Gasteiger partial charge is 0.236 e. The van der Waals surface area contributed by atoms with Crippen LogP contribution in [-0.2, 0) is 4.79 Å². The van der Waals surface area contributed by atoms with Crippen molar-refractivity contribution in [3.8, 4) is 0 Å². The Labute approximate surface area is 92.0 Å². The predicted octanol–water partition coefficient (Wildman–Crippen LogP) is 1.52. The maximum atomic E-state index is 11.8. The van der Waals surface area contributed by atoms with Crippen molar-refractivity contribution in [2.75, 3.05) is 13.1 Å². The quantitative estimate of drug-likeness (QED) is 0.764. The number of hydrogen-bond acceptors (Lipinski definition) is 2. The fraction of sp³-hybridized carbons (Fsp3) is 0.917. The SMILES string of the molecule is NCC(=O)N(CC1CC1)C1CCCCC1. The fourth-order valence-electron chi connectivity index (χ4n) is 2.54. The van der Waals surface area contributed by atoms with Gasteiger partial charge in [-0.05, 0) is 31.6 Å². The van der Waals surface area contributed by atoms with E-state index in [2.05, 4.69) is 4.90 Å². The van der Waals surface area contributed by atoms with Crippen LogP contribution >= 0.6 is 0 Å². The summed E-state index contributed by atoms with van der Waals surface area (Å²) in [6.45, 7) is 1.16. The molecule has 2 N–H and O–H groups in total. The lowest BCUT2D eigenvalue weighted by atomic mass is 9.94. The zero-order chi connectivity index (χ0) is 10.7. The average Bonchev–Trinajstić information content (AvgIpc) is 3.10. The molecule has 2 aliphatic carbocycles. The van der Waals surface area contributed by atoms with E-state index in [1.54, 1.807) is 0 Å². The minimum absolute atomic E-state index is 0.161. The van der Waals surface area contributed by atoms with E-state index in [0.29, 0.717) is 6.04 Å². The zero-order valence-corrected chi connectivity index (χ0v) is 9.45. The van der Waals surface area contributed by atoms with Crippen LogP contribution in [0.25, 0.3) is 0 Å². The van der Waals surface area contributed by atoms with Crippen molar-refractivity contribution < 1.29 is 4.79 Å². The highest BCUT2D eigenvalue weighted by atomic mass is 16.2. The van der Waals surface area contributed by atoms with E-state index in [0.717, 1.165) is 12.5 Å². The maximum Gasteiger partial charge on any atom is 0.236 e. The largest absolute Gasteiger partial charge is 0.338 e. The van der Waals surface area contributed by atoms with Crippen LogP contribution in [0.5, 0.6) is 0 Å². The first-order valence-corrected chi connectivity index (χ1v) is 6.31. The summed E-state index contributed by atoms with van der Waals surface area (Å²) >= 11 is 0. The van der Waals surface area contributed by atoms with Crippen LogP contribution in [0, 0.1) is 5.92 Å².